The molecular formula is C21H19Cl2N3O2S3. The van der Waals surface area contributed by atoms with E-state index in [9.17, 15) is 9.59 Å². The van der Waals surface area contributed by atoms with E-state index >= 15 is 0 Å². The Hall–Kier alpha value is -1.58. The van der Waals surface area contributed by atoms with Gasteiger partial charge in [-0.3, -0.25) is 9.59 Å². The topological polar surface area (TPSA) is 72.0 Å². The molecule has 3 rings (SSSR count). The van der Waals surface area contributed by atoms with Gasteiger partial charge in [0.05, 0.1) is 11.8 Å². The Morgan fingerprint density at radius 1 is 1.00 bits per heavy atom. The first-order chi connectivity index (χ1) is 14.9. The summed E-state index contributed by atoms with van der Waals surface area (Å²) in [6.07, 6.45) is 0.469. The van der Waals surface area contributed by atoms with Crippen LogP contribution in [0.3, 0.4) is 0 Å². The van der Waals surface area contributed by atoms with E-state index in [2.05, 4.69) is 15.5 Å². The molecule has 0 spiro atoms. The molecule has 1 atom stereocenters. The fraction of sp³-hybridized carbons (Fsp3) is 0.238. The molecule has 0 fully saturated rings. The number of amides is 1. The molecule has 1 amide bonds. The average molecular weight is 513 g/mol. The summed E-state index contributed by atoms with van der Waals surface area (Å²) in [5, 5.41) is 12.3. The Morgan fingerprint density at radius 3 is 2.29 bits per heavy atom. The second-order valence-electron chi connectivity index (χ2n) is 6.53. The van der Waals surface area contributed by atoms with Crippen molar-refractivity contribution in [3.63, 3.8) is 0 Å². The quantitative estimate of drug-likeness (QED) is 0.360. The molecule has 0 aliphatic rings. The van der Waals surface area contributed by atoms with E-state index in [0.29, 0.717) is 26.6 Å². The van der Waals surface area contributed by atoms with Gasteiger partial charge in [-0.05, 0) is 36.6 Å². The number of Topliss-reactive ketones (excluding diaryl/α,β-unsaturated/α-hetero) is 1. The minimum absolute atomic E-state index is 0.0740. The number of nitrogens with one attached hydrogen (secondary N) is 1. The van der Waals surface area contributed by atoms with Crippen molar-refractivity contribution in [1.29, 1.82) is 0 Å². The van der Waals surface area contributed by atoms with E-state index in [1.54, 1.807) is 18.2 Å². The highest BCUT2D eigenvalue weighted by atomic mass is 35.5. The summed E-state index contributed by atoms with van der Waals surface area (Å²) in [6, 6.07) is 14.5. The van der Waals surface area contributed by atoms with Crippen LogP contribution in [0.2, 0.25) is 10.0 Å². The summed E-state index contributed by atoms with van der Waals surface area (Å²) in [4.78, 5) is 24.3. The number of thioether (sulfide) groups is 2. The molecule has 162 valence electrons. The van der Waals surface area contributed by atoms with E-state index in [-0.39, 0.29) is 17.4 Å². The maximum Gasteiger partial charge on any atom is 0.231 e. The van der Waals surface area contributed by atoms with E-state index in [1.165, 1.54) is 41.8 Å². The summed E-state index contributed by atoms with van der Waals surface area (Å²) in [5.74, 6) is 0.454. The largest absolute Gasteiger partial charge is 0.345 e. The van der Waals surface area contributed by atoms with Gasteiger partial charge >= 0.3 is 0 Å². The molecule has 0 aliphatic carbocycles. The smallest absolute Gasteiger partial charge is 0.231 e. The van der Waals surface area contributed by atoms with Crippen molar-refractivity contribution >= 4 is 69.8 Å². The Labute approximate surface area is 203 Å². The van der Waals surface area contributed by atoms with Gasteiger partial charge in [0.2, 0.25) is 5.91 Å². The molecule has 0 bridgehead atoms. The lowest BCUT2D eigenvalue weighted by molar-refractivity contribution is -0.125. The molecule has 1 aromatic heterocycles. The van der Waals surface area contributed by atoms with Crippen molar-refractivity contribution in [1.82, 2.24) is 15.5 Å². The number of rotatable bonds is 10. The van der Waals surface area contributed by atoms with Crippen molar-refractivity contribution in [2.75, 3.05) is 5.75 Å². The molecule has 0 saturated carbocycles. The first-order valence-electron chi connectivity index (χ1n) is 9.28. The molecule has 0 radical (unpaired) electrons. The van der Waals surface area contributed by atoms with E-state index in [4.69, 9.17) is 23.2 Å². The van der Waals surface area contributed by atoms with Crippen LogP contribution in [0.5, 0.6) is 0 Å². The number of benzene rings is 2. The van der Waals surface area contributed by atoms with Crippen LogP contribution in [0.15, 0.2) is 57.2 Å². The van der Waals surface area contributed by atoms with Crippen LogP contribution in [0, 0.1) is 0 Å². The maximum absolute atomic E-state index is 12.4. The number of aromatic nitrogens is 2. The molecule has 2 aromatic carbocycles. The number of halogens is 2. The van der Waals surface area contributed by atoms with Crippen LogP contribution < -0.4 is 5.32 Å². The monoisotopic (exact) mass is 511 g/mol. The Bertz CT molecular complexity index is 1030. The highest BCUT2D eigenvalue weighted by molar-refractivity contribution is 8.03. The zero-order valence-electron chi connectivity index (χ0n) is 16.5. The minimum Gasteiger partial charge on any atom is -0.345 e. The SMILES string of the molecule is CC(=O)C(Cc1ccccc1)NC(=O)CSc1nnc(SCc2c(Cl)cccc2Cl)s1. The summed E-state index contributed by atoms with van der Waals surface area (Å²) >= 11 is 16.6. The molecule has 0 aliphatic heterocycles. The first kappa shape index (κ1) is 24.1. The molecular weight excluding hydrogens is 493 g/mol. The highest BCUT2D eigenvalue weighted by Crippen LogP contribution is 2.34. The third-order valence-electron chi connectivity index (χ3n) is 4.22. The lowest BCUT2D eigenvalue weighted by Crippen LogP contribution is -2.42. The van der Waals surface area contributed by atoms with Crippen molar-refractivity contribution in [2.45, 2.75) is 33.8 Å². The van der Waals surface area contributed by atoms with Crippen LogP contribution in [-0.2, 0) is 21.8 Å². The van der Waals surface area contributed by atoms with Gasteiger partial charge in [0.1, 0.15) is 0 Å². The average Bonchev–Trinajstić information content (AvgIpc) is 3.20. The molecule has 3 aromatic rings. The standard InChI is InChI=1S/C21H19Cl2N3O2S3/c1-13(27)18(10-14-6-3-2-4-7-14)24-19(28)12-30-21-26-25-20(31-21)29-11-15-16(22)8-5-9-17(15)23/h2-9,18H,10-12H2,1H3,(H,24,28). The van der Waals surface area contributed by atoms with Gasteiger partial charge in [0.15, 0.2) is 14.5 Å². The molecule has 1 heterocycles. The molecule has 5 nitrogen and oxygen atoms in total. The van der Waals surface area contributed by atoms with E-state index in [1.807, 2.05) is 30.3 Å². The number of carbonyl (C=O) groups is 2. The molecule has 10 heteroatoms. The van der Waals surface area contributed by atoms with Gasteiger partial charge in [-0.1, -0.05) is 94.5 Å². The predicted molar refractivity (Wildman–Crippen MR) is 129 cm³/mol. The molecule has 0 saturated heterocycles. The van der Waals surface area contributed by atoms with Gasteiger partial charge in [-0.15, -0.1) is 10.2 Å². The summed E-state index contributed by atoms with van der Waals surface area (Å²) < 4.78 is 1.45. The Morgan fingerprint density at radius 2 is 1.65 bits per heavy atom. The van der Waals surface area contributed by atoms with Gasteiger partial charge in [0, 0.05) is 15.8 Å². The van der Waals surface area contributed by atoms with E-state index < -0.39 is 6.04 Å². The third kappa shape index (κ3) is 7.50. The zero-order chi connectivity index (χ0) is 22.2. The van der Waals surface area contributed by atoms with Crippen molar-refractivity contribution in [2.24, 2.45) is 0 Å². The number of nitrogens with zero attached hydrogens (tertiary/aromatic N) is 2. The van der Waals surface area contributed by atoms with E-state index in [0.717, 1.165) is 15.5 Å². The Balaban J connectivity index is 1.49. The molecule has 1 unspecified atom stereocenters. The minimum atomic E-state index is -0.545. The maximum atomic E-state index is 12.4. The first-order valence-corrected chi connectivity index (χ1v) is 12.8. The number of hydrogen-bond donors (Lipinski definition) is 1. The van der Waals surface area contributed by atoms with Crippen molar-refractivity contribution in [3.05, 3.63) is 69.7 Å². The van der Waals surface area contributed by atoms with Gasteiger partial charge in [-0.25, -0.2) is 0 Å². The lowest BCUT2D eigenvalue weighted by atomic mass is 10.0. The van der Waals surface area contributed by atoms with Crippen LogP contribution in [-0.4, -0.2) is 33.7 Å². The zero-order valence-corrected chi connectivity index (χ0v) is 20.5. The van der Waals surface area contributed by atoms with Crippen molar-refractivity contribution in [3.8, 4) is 0 Å². The summed E-state index contributed by atoms with van der Waals surface area (Å²) in [6.45, 7) is 1.49. The van der Waals surface area contributed by atoms with Crippen molar-refractivity contribution < 1.29 is 9.59 Å². The normalized spacial score (nSPS) is 11.8. The lowest BCUT2D eigenvalue weighted by Gasteiger charge is -2.15. The van der Waals surface area contributed by atoms with Gasteiger partial charge in [0.25, 0.3) is 0 Å². The fourth-order valence-corrected chi connectivity index (χ4v) is 6.20. The van der Waals surface area contributed by atoms with Gasteiger partial charge in [-0.2, -0.15) is 0 Å². The molecule has 1 N–H and O–H groups in total. The fourth-order valence-electron chi connectivity index (χ4n) is 2.63. The highest BCUT2D eigenvalue weighted by Gasteiger charge is 2.18. The van der Waals surface area contributed by atoms with Gasteiger partial charge < -0.3 is 5.32 Å². The number of carbonyl (C=O) groups excluding carboxylic acids is 2. The Kier molecular flexibility index (Phi) is 9.22. The van der Waals surface area contributed by atoms with Crippen LogP contribution in [0.4, 0.5) is 0 Å². The number of ketones is 1. The van der Waals surface area contributed by atoms with Crippen LogP contribution >= 0.6 is 58.1 Å². The second kappa shape index (κ2) is 11.9. The molecule has 31 heavy (non-hydrogen) atoms. The van der Waals surface area contributed by atoms with Crippen LogP contribution in [0.1, 0.15) is 18.1 Å². The number of hydrogen-bond acceptors (Lipinski definition) is 7. The van der Waals surface area contributed by atoms with Crippen LogP contribution in [0.25, 0.3) is 0 Å². The second-order valence-corrected chi connectivity index (χ2v) is 10.8. The third-order valence-corrected chi connectivity index (χ3v) is 8.15. The predicted octanol–water partition coefficient (Wildman–Crippen LogP) is 5.55. The summed E-state index contributed by atoms with van der Waals surface area (Å²) in [5.41, 5.74) is 1.85. The summed E-state index contributed by atoms with van der Waals surface area (Å²) in [7, 11) is 0.